The summed E-state index contributed by atoms with van der Waals surface area (Å²) >= 11 is 0. The van der Waals surface area contributed by atoms with E-state index in [1.165, 1.54) is 11.1 Å². The summed E-state index contributed by atoms with van der Waals surface area (Å²) in [4.78, 5) is 26.4. The highest BCUT2D eigenvalue weighted by Crippen LogP contribution is 2.18. The molecule has 0 radical (unpaired) electrons. The van der Waals surface area contributed by atoms with Gasteiger partial charge < -0.3 is 15.5 Å². The first kappa shape index (κ1) is 20.8. The maximum Gasteiger partial charge on any atom is 0.253 e. The van der Waals surface area contributed by atoms with Crippen molar-refractivity contribution in [3.8, 4) is 0 Å². The van der Waals surface area contributed by atoms with Crippen molar-refractivity contribution in [3.63, 3.8) is 0 Å². The number of rotatable bonds is 10. The predicted octanol–water partition coefficient (Wildman–Crippen LogP) is 2.91. The van der Waals surface area contributed by atoms with Gasteiger partial charge in [0.15, 0.2) is 0 Å². The van der Waals surface area contributed by atoms with E-state index in [4.69, 9.17) is 0 Å². The molecule has 3 aromatic rings. The molecule has 2 N–H and O–H groups in total. The Bertz CT molecular complexity index is 977. The standard InChI is InChI=1S/C24H29N3O2/c1-17(14-18-10-6-4-7-11-18)26-22-21(23(28)24(22)29)25-16-20(27(2)3)15-19-12-8-5-9-13-19/h4-13,17,20,25-26H,14-16H2,1-3H3/t17-,20+/m0/s1. The number of benzene rings is 2. The van der Waals surface area contributed by atoms with Gasteiger partial charge in [0.1, 0.15) is 11.4 Å². The monoisotopic (exact) mass is 391 g/mol. The van der Waals surface area contributed by atoms with Crippen molar-refractivity contribution < 1.29 is 0 Å². The van der Waals surface area contributed by atoms with Crippen LogP contribution < -0.4 is 21.5 Å². The van der Waals surface area contributed by atoms with Crippen LogP contribution in [0.15, 0.2) is 70.3 Å². The molecule has 0 saturated heterocycles. The van der Waals surface area contributed by atoms with Gasteiger partial charge in [-0.2, -0.15) is 0 Å². The SMILES string of the molecule is C[C@@H](Cc1ccccc1)Nc1c(NC[C@@H](Cc2ccccc2)N(C)C)c(=O)c1=O. The second-order valence-corrected chi connectivity index (χ2v) is 7.83. The second-order valence-electron chi connectivity index (χ2n) is 7.83. The van der Waals surface area contributed by atoms with Crippen molar-refractivity contribution in [3.05, 3.63) is 92.2 Å². The highest BCUT2D eigenvalue weighted by molar-refractivity contribution is 5.74. The Balaban J connectivity index is 1.63. The molecule has 3 rings (SSSR count). The third kappa shape index (κ3) is 5.33. The van der Waals surface area contributed by atoms with Crippen LogP contribution in [-0.2, 0) is 12.8 Å². The molecule has 0 bridgehead atoms. The highest BCUT2D eigenvalue weighted by atomic mass is 16.2. The molecule has 2 atom stereocenters. The maximum atomic E-state index is 12.1. The van der Waals surface area contributed by atoms with Crippen LogP contribution in [0.5, 0.6) is 0 Å². The largest absolute Gasteiger partial charge is 0.378 e. The minimum absolute atomic E-state index is 0.0511. The van der Waals surface area contributed by atoms with Gasteiger partial charge >= 0.3 is 0 Å². The molecule has 0 aliphatic rings. The first-order valence-electron chi connectivity index (χ1n) is 10.0. The normalized spacial score (nSPS) is 13.4. The molecule has 0 amide bonds. The Labute approximate surface area is 172 Å². The minimum atomic E-state index is -0.434. The number of nitrogens with one attached hydrogen (secondary N) is 2. The van der Waals surface area contributed by atoms with Gasteiger partial charge in [0, 0.05) is 18.6 Å². The first-order chi connectivity index (χ1) is 14.0. The zero-order chi connectivity index (χ0) is 20.8. The fourth-order valence-corrected chi connectivity index (χ4v) is 3.51. The molecule has 0 unspecified atom stereocenters. The molecule has 5 nitrogen and oxygen atoms in total. The zero-order valence-corrected chi connectivity index (χ0v) is 17.3. The van der Waals surface area contributed by atoms with E-state index in [0.29, 0.717) is 17.9 Å². The van der Waals surface area contributed by atoms with Gasteiger partial charge in [0.05, 0.1) is 0 Å². The minimum Gasteiger partial charge on any atom is -0.378 e. The Morgan fingerprint density at radius 1 is 0.793 bits per heavy atom. The van der Waals surface area contributed by atoms with Gasteiger partial charge in [-0.15, -0.1) is 0 Å². The van der Waals surface area contributed by atoms with E-state index in [2.05, 4.69) is 39.8 Å². The summed E-state index contributed by atoms with van der Waals surface area (Å²) < 4.78 is 0. The van der Waals surface area contributed by atoms with E-state index < -0.39 is 10.9 Å². The molecular formula is C24H29N3O2. The number of nitrogens with zero attached hydrogens (tertiary/aromatic N) is 1. The van der Waals surface area contributed by atoms with E-state index in [-0.39, 0.29) is 12.1 Å². The lowest BCUT2D eigenvalue weighted by molar-refractivity contribution is 0.303. The van der Waals surface area contributed by atoms with Gasteiger partial charge in [0.25, 0.3) is 10.9 Å². The van der Waals surface area contributed by atoms with Gasteiger partial charge in [-0.3, -0.25) is 9.59 Å². The molecule has 0 aliphatic carbocycles. The number of likely N-dealkylation sites (N-methyl/N-ethyl adjacent to an activating group) is 1. The van der Waals surface area contributed by atoms with Crippen LogP contribution in [0, 0.1) is 0 Å². The lowest BCUT2D eigenvalue weighted by Gasteiger charge is -2.26. The molecule has 29 heavy (non-hydrogen) atoms. The Morgan fingerprint density at radius 3 is 1.86 bits per heavy atom. The van der Waals surface area contributed by atoms with Gasteiger partial charge in [-0.1, -0.05) is 60.7 Å². The molecule has 0 saturated carbocycles. The average molecular weight is 392 g/mol. The van der Waals surface area contributed by atoms with Crippen LogP contribution in [0.2, 0.25) is 0 Å². The van der Waals surface area contributed by atoms with Gasteiger partial charge in [0.2, 0.25) is 0 Å². The summed E-state index contributed by atoms with van der Waals surface area (Å²) in [6.07, 6.45) is 1.65. The van der Waals surface area contributed by atoms with Crippen molar-refractivity contribution in [1.29, 1.82) is 0 Å². The third-order valence-corrected chi connectivity index (χ3v) is 5.24. The molecule has 0 aromatic heterocycles. The van der Waals surface area contributed by atoms with Crippen molar-refractivity contribution in [2.75, 3.05) is 31.3 Å². The van der Waals surface area contributed by atoms with E-state index in [9.17, 15) is 9.59 Å². The molecule has 152 valence electrons. The van der Waals surface area contributed by atoms with Gasteiger partial charge in [-0.05, 0) is 45.0 Å². The maximum absolute atomic E-state index is 12.1. The molecular weight excluding hydrogens is 362 g/mol. The smallest absolute Gasteiger partial charge is 0.253 e. The zero-order valence-electron chi connectivity index (χ0n) is 17.3. The summed E-state index contributed by atoms with van der Waals surface area (Å²) in [5, 5.41) is 6.46. The van der Waals surface area contributed by atoms with Crippen LogP contribution >= 0.6 is 0 Å². The van der Waals surface area contributed by atoms with Gasteiger partial charge in [-0.25, -0.2) is 0 Å². The molecule has 0 fully saturated rings. The second kappa shape index (κ2) is 9.52. The summed E-state index contributed by atoms with van der Waals surface area (Å²) in [5.41, 5.74) is 2.39. The summed E-state index contributed by atoms with van der Waals surface area (Å²) in [5.74, 6) is 0. The van der Waals surface area contributed by atoms with Crippen molar-refractivity contribution in [1.82, 2.24) is 4.90 Å². The molecule has 0 aliphatic heterocycles. The van der Waals surface area contributed by atoms with E-state index in [1.807, 2.05) is 57.4 Å². The van der Waals surface area contributed by atoms with Crippen LogP contribution in [0.4, 0.5) is 11.4 Å². The van der Waals surface area contributed by atoms with Crippen LogP contribution in [0.3, 0.4) is 0 Å². The molecule has 5 heteroatoms. The van der Waals surface area contributed by atoms with Crippen LogP contribution in [0.25, 0.3) is 0 Å². The Morgan fingerprint density at radius 2 is 1.31 bits per heavy atom. The van der Waals surface area contributed by atoms with Crippen molar-refractivity contribution in [2.24, 2.45) is 0 Å². The quantitative estimate of drug-likeness (QED) is 0.521. The average Bonchev–Trinajstić information content (AvgIpc) is 2.73. The first-order valence-corrected chi connectivity index (χ1v) is 10.0. The number of hydrogen-bond acceptors (Lipinski definition) is 5. The summed E-state index contributed by atoms with van der Waals surface area (Å²) in [7, 11) is 4.05. The topological polar surface area (TPSA) is 61.4 Å². The lowest BCUT2D eigenvalue weighted by atomic mass is 10.0. The predicted molar refractivity (Wildman–Crippen MR) is 121 cm³/mol. The fraction of sp³-hybridized carbons (Fsp3) is 0.333. The van der Waals surface area contributed by atoms with Crippen molar-refractivity contribution >= 4 is 11.4 Å². The lowest BCUT2D eigenvalue weighted by Crippen LogP contribution is -2.43. The highest BCUT2D eigenvalue weighted by Gasteiger charge is 2.23. The van der Waals surface area contributed by atoms with Crippen LogP contribution in [0.1, 0.15) is 18.1 Å². The molecule has 3 aromatic carbocycles. The van der Waals surface area contributed by atoms with Crippen LogP contribution in [-0.4, -0.2) is 37.6 Å². The van der Waals surface area contributed by atoms with Crippen molar-refractivity contribution in [2.45, 2.75) is 31.8 Å². The van der Waals surface area contributed by atoms with E-state index >= 15 is 0 Å². The number of anilines is 2. The third-order valence-electron chi connectivity index (χ3n) is 5.24. The van der Waals surface area contributed by atoms with E-state index in [1.54, 1.807) is 0 Å². The van der Waals surface area contributed by atoms with E-state index in [0.717, 1.165) is 12.8 Å². The summed E-state index contributed by atoms with van der Waals surface area (Å²) in [6.45, 7) is 2.61. The Hall–Kier alpha value is -2.92. The fourth-order valence-electron chi connectivity index (χ4n) is 3.51. The molecule has 0 heterocycles. The number of hydrogen-bond donors (Lipinski definition) is 2. The molecule has 0 spiro atoms. The Kier molecular flexibility index (Phi) is 6.83. The summed E-state index contributed by atoms with van der Waals surface area (Å²) in [6, 6.07) is 20.6.